The van der Waals surface area contributed by atoms with Gasteiger partial charge in [-0.25, -0.2) is 9.67 Å². The molecular weight excluding hydrogens is 334 g/mol. The first-order valence-corrected chi connectivity index (χ1v) is 8.88. The number of aromatic nitrogens is 3. The van der Waals surface area contributed by atoms with Gasteiger partial charge in [0.05, 0.1) is 22.3 Å². The maximum atomic E-state index is 13.3. The van der Waals surface area contributed by atoms with Gasteiger partial charge in [0, 0.05) is 11.6 Å². The highest BCUT2D eigenvalue weighted by atomic mass is 16.1. The van der Waals surface area contributed by atoms with Gasteiger partial charge in [-0.3, -0.25) is 4.79 Å². The molecule has 0 spiro atoms. The minimum atomic E-state index is -0.0710. The molecule has 0 aliphatic carbocycles. The summed E-state index contributed by atoms with van der Waals surface area (Å²) in [6.45, 7) is 2.05. The van der Waals surface area contributed by atoms with Crippen molar-refractivity contribution in [3.8, 4) is 16.9 Å². The van der Waals surface area contributed by atoms with Crippen molar-refractivity contribution in [2.75, 3.05) is 0 Å². The number of benzene rings is 3. The summed E-state index contributed by atoms with van der Waals surface area (Å²) in [5.74, 6) is 0. The van der Waals surface area contributed by atoms with Crippen molar-refractivity contribution in [2.24, 2.45) is 0 Å². The number of para-hydroxylation sites is 1. The molecule has 130 valence electrons. The number of aryl methyl sites for hydroxylation is 1. The molecule has 0 amide bonds. The molecule has 4 heteroatoms. The quantitative estimate of drug-likeness (QED) is 0.466. The fraction of sp³-hybridized carbons (Fsp3) is 0.0435. The van der Waals surface area contributed by atoms with Crippen molar-refractivity contribution in [1.82, 2.24) is 14.2 Å². The summed E-state index contributed by atoms with van der Waals surface area (Å²) in [7, 11) is 0. The van der Waals surface area contributed by atoms with Crippen LogP contribution in [0.3, 0.4) is 0 Å². The van der Waals surface area contributed by atoms with E-state index in [4.69, 9.17) is 4.98 Å². The molecule has 4 nitrogen and oxygen atoms in total. The first kappa shape index (κ1) is 15.6. The summed E-state index contributed by atoms with van der Waals surface area (Å²) in [5, 5.41) is 0.612. The van der Waals surface area contributed by atoms with E-state index in [1.165, 1.54) is 5.56 Å². The van der Waals surface area contributed by atoms with Crippen molar-refractivity contribution in [3.63, 3.8) is 0 Å². The predicted molar refractivity (Wildman–Crippen MR) is 108 cm³/mol. The molecule has 0 aliphatic heterocycles. The lowest BCUT2D eigenvalue weighted by Gasteiger charge is -2.12. The summed E-state index contributed by atoms with van der Waals surface area (Å²) in [6, 6.07) is 27.7. The highest BCUT2D eigenvalue weighted by molar-refractivity contribution is 5.80. The number of hydrogen-bond donors (Lipinski definition) is 0. The van der Waals surface area contributed by atoms with Crippen LogP contribution in [0.1, 0.15) is 5.56 Å². The number of fused-ring (bicyclic) bond motifs is 2. The van der Waals surface area contributed by atoms with Crippen molar-refractivity contribution >= 4 is 16.6 Å². The molecule has 2 heterocycles. The Kier molecular flexibility index (Phi) is 3.44. The molecule has 0 atom stereocenters. The molecule has 3 aromatic carbocycles. The molecule has 5 aromatic rings. The van der Waals surface area contributed by atoms with E-state index in [1.807, 2.05) is 77.5 Å². The third-order valence-electron chi connectivity index (χ3n) is 4.82. The minimum Gasteiger partial charge on any atom is -0.267 e. The average Bonchev–Trinajstić information content (AvgIpc) is 3.09. The second-order valence-electron chi connectivity index (χ2n) is 6.65. The van der Waals surface area contributed by atoms with E-state index in [0.717, 1.165) is 16.9 Å². The lowest BCUT2D eigenvalue weighted by Crippen LogP contribution is -2.21. The van der Waals surface area contributed by atoms with Gasteiger partial charge in [0.25, 0.3) is 5.56 Å². The summed E-state index contributed by atoms with van der Waals surface area (Å²) < 4.78 is 3.61. The Balaban J connectivity index is 1.95. The second kappa shape index (κ2) is 5.95. The van der Waals surface area contributed by atoms with E-state index < -0.39 is 0 Å². The molecule has 0 aliphatic rings. The third-order valence-corrected chi connectivity index (χ3v) is 4.82. The van der Waals surface area contributed by atoms with E-state index in [1.54, 1.807) is 4.52 Å². The minimum absolute atomic E-state index is 0.0710. The van der Waals surface area contributed by atoms with Gasteiger partial charge in [-0.15, -0.1) is 0 Å². The third kappa shape index (κ3) is 2.46. The number of nitrogens with zero attached hydrogens (tertiary/aromatic N) is 3. The molecular formula is C23H17N3O. The normalized spacial score (nSPS) is 11.3. The lowest BCUT2D eigenvalue weighted by molar-refractivity contribution is 0.778. The Labute approximate surface area is 155 Å². The van der Waals surface area contributed by atoms with Gasteiger partial charge >= 0.3 is 0 Å². The molecule has 5 rings (SSSR count). The van der Waals surface area contributed by atoms with Crippen LogP contribution >= 0.6 is 0 Å². The van der Waals surface area contributed by atoms with Gasteiger partial charge in [-0.2, -0.15) is 4.52 Å². The Hall–Kier alpha value is -3.66. The van der Waals surface area contributed by atoms with E-state index in [0.29, 0.717) is 16.6 Å². The molecule has 0 radical (unpaired) electrons. The van der Waals surface area contributed by atoms with Crippen LogP contribution in [0.4, 0.5) is 0 Å². The Morgan fingerprint density at radius 2 is 1.52 bits per heavy atom. The van der Waals surface area contributed by atoms with Crippen molar-refractivity contribution in [2.45, 2.75) is 6.92 Å². The summed E-state index contributed by atoms with van der Waals surface area (Å²) in [6.07, 6.45) is 0. The van der Waals surface area contributed by atoms with E-state index in [-0.39, 0.29) is 5.56 Å². The monoisotopic (exact) mass is 351 g/mol. The van der Waals surface area contributed by atoms with E-state index in [9.17, 15) is 4.79 Å². The van der Waals surface area contributed by atoms with Gasteiger partial charge in [0.15, 0.2) is 5.65 Å². The lowest BCUT2D eigenvalue weighted by atomic mass is 10.1. The zero-order valence-corrected chi connectivity index (χ0v) is 14.8. The zero-order valence-electron chi connectivity index (χ0n) is 14.8. The molecule has 0 unspecified atom stereocenters. The Morgan fingerprint density at radius 3 is 2.30 bits per heavy atom. The van der Waals surface area contributed by atoms with Crippen LogP contribution in [0.15, 0.2) is 89.7 Å². The molecule has 2 aromatic heterocycles. The van der Waals surface area contributed by atoms with Gasteiger partial charge < -0.3 is 0 Å². The summed E-state index contributed by atoms with van der Waals surface area (Å²) in [5.41, 5.74) is 5.34. The van der Waals surface area contributed by atoms with Crippen LogP contribution in [0.25, 0.3) is 33.5 Å². The van der Waals surface area contributed by atoms with Crippen molar-refractivity contribution in [3.05, 3.63) is 101 Å². The Morgan fingerprint density at radius 1 is 0.815 bits per heavy atom. The average molecular weight is 351 g/mol. The predicted octanol–water partition coefficient (Wildman–Crippen LogP) is 4.61. The van der Waals surface area contributed by atoms with Gasteiger partial charge in [-0.05, 0) is 31.2 Å². The van der Waals surface area contributed by atoms with Crippen LogP contribution < -0.4 is 5.56 Å². The number of hydrogen-bond acceptors (Lipinski definition) is 2. The highest BCUT2D eigenvalue weighted by Gasteiger charge is 2.16. The maximum Gasteiger partial charge on any atom is 0.281 e. The van der Waals surface area contributed by atoms with Gasteiger partial charge in [-0.1, -0.05) is 60.2 Å². The van der Waals surface area contributed by atoms with Crippen LogP contribution in [0.5, 0.6) is 0 Å². The van der Waals surface area contributed by atoms with Crippen LogP contribution in [0, 0.1) is 6.92 Å². The van der Waals surface area contributed by atoms with E-state index in [2.05, 4.69) is 19.1 Å². The first-order valence-electron chi connectivity index (χ1n) is 8.88. The summed E-state index contributed by atoms with van der Waals surface area (Å²) >= 11 is 0. The molecule has 0 fully saturated rings. The van der Waals surface area contributed by atoms with Crippen LogP contribution in [-0.4, -0.2) is 14.2 Å². The second-order valence-corrected chi connectivity index (χ2v) is 6.65. The fourth-order valence-electron chi connectivity index (χ4n) is 3.47. The zero-order chi connectivity index (χ0) is 18.4. The van der Waals surface area contributed by atoms with Crippen LogP contribution in [0.2, 0.25) is 0 Å². The van der Waals surface area contributed by atoms with Crippen molar-refractivity contribution in [1.29, 1.82) is 0 Å². The number of rotatable bonds is 2. The van der Waals surface area contributed by atoms with Crippen LogP contribution in [-0.2, 0) is 0 Å². The maximum absolute atomic E-state index is 13.3. The largest absolute Gasteiger partial charge is 0.281 e. The molecule has 0 saturated heterocycles. The highest BCUT2D eigenvalue weighted by Crippen LogP contribution is 2.26. The Bertz CT molecular complexity index is 1330. The fourth-order valence-corrected chi connectivity index (χ4v) is 3.47. The first-order chi connectivity index (χ1) is 13.2. The SMILES string of the molecule is Cc1ccc(-n2c(-c3ccccc3)cc3nc4ccccc4c(=O)n32)cc1. The molecule has 0 N–H and O–H groups in total. The molecule has 27 heavy (non-hydrogen) atoms. The van der Waals surface area contributed by atoms with Gasteiger partial charge in [0.1, 0.15) is 0 Å². The van der Waals surface area contributed by atoms with Gasteiger partial charge in [0.2, 0.25) is 0 Å². The summed E-state index contributed by atoms with van der Waals surface area (Å²) in [4.78, 5) is 18.0. The topological polar surface area (TPSA) is 39.3 Å². The standard InChI is InChI=1S/C23H17N3O/c1-16-11-13-18(14-12-16)25-21(17-7-3-2-4-8-17)15-22-24-20-10-6-5-9-19(20)23(27)26(22)25/h2-15H,1H3. The molecule has 0 bridgehead atoms. The van der Waals surface area contributed by atoms with E-state index >= 15 is 0 Å². The molecule has 0 saturated carbocycles. The smallest absolute Gasteiger partial charge is 0.267 e. The van der Waals surface area contributed by atoms with Crippen molar-refractivity contribution < 1.29 is 0 Å².